The Kier molecular flexibility index (Phi) is 21.8. The van der Waals surface area contributed by atoms with Gasteiger partial charge in [-0.1, -0.05) is 182 Å². The SMILES string of the molecule is CC(NS(=O)(=O)/C=C/c1c2c(nn1Cc1ccccc1)CCS(=O)C2)c1ccccc1.C[C@@H](NC(=O)c1nn(Cc2ccccc2)c2c1CSCC2)c1ccccc1.C[C@@H](NS(=O)(=O)/C=C/c1nn(Cc2ccccc2)c2c1CSCC2)c1ccccc1. The predicted octanol–water partition coefficient (Wildman–Crippen LogP) is 12.0. The molecule has 3 aromatic heterocycles. The smallest absolute Gasteiger partial charge is 0.272 e. The number of aryl methyl sites for hydroxylation is 1. The summed E-state index contributed by atoms with van der Waals surface area (Å²) in [5.41, 5.74) is 14.8. The maximum absolute atomic E-state index is 13.0. The number of amides is 1. The molecule has 15 nitrogen and oxygen atoms in total. The second-order valence-corrected chi connectivity index (χ2v) is 28.8. The van der Waals surface area contributed by atoms with Crippen molar-refractivity contribution in [2.45, 2.75) is 95.1 Å². The van der Waals surface area contributed by atoms with Gasteiger partial charge in [-0.3, -0.25) is 23.0 Å². The van der Waals surface area contributed by atoms with E-state index < -0.39 is 30.8 Å². The van der Waals surface area contributed by atoms with Crippen LogP contribution < -0.4 is 14.8 Å². The fourth-order valence-electron chi connectivity index (χ4n) is 10.8. The van der Waals surface area contributed by atoms with Gasteiger partial charge in [0, 0.05) is 85.5 Å². The molecule has 0 spiro atoms. The van der Waals surface area contributed by atoms with Gasteiger partial charge in [-0.15, -0.1) is 0 Å². The van der Waals surface area contributed by atoms with Crippen molar-refractivity contribution in [1.29, 1.82) is 0 Å². The highest BCUT2D eigenvalue weighted by Crippen LogP contribution is 2.31. The van der Waals surface area contributed by atoms with Crippen molar-refractivity contribution in [3.63, 3.8) is 0 Å². The molecular formula is C68H73N9O6S5. The quantitative estimate of drug-likeness (QED) is 0.0698. The molecule has 2 unspecified atom stereocenters. The second kappa shape index (κ2) is 30.2. The normalized spacial score (nSPS) is 15.8. The lowest BCUT2D eigenvalue weighted by molar-refractivity contribution is 0.0933. The highest BCUT2D eigenvalue weighted by molar-refractivity contribution is 7.98. The highest BCUT2D eigenvalue weighted by Gasteiger charge is 2.28. The minimum absolute atomic E-state index is 0.0510. The Bertz CT molecular complexity index is 4090. The molecule has 0 aliphatic carbocycles. The number of aromatic nitrogens is 6. The molecule has 3 N–H and O–H groups in total. The van der Waals surface area contributed by atoms with Gasteiger partial charge in [0.05, 0.1) is 48.5 Å². The molecular weight excluding hydrogens is 1200 g/mol. The van der Waals surface area contributed by atoms with E-state index in [4.69, 9.17) is 15.3 Å². The molecule has 88 heavy (non-hydrogen) atoms. The summed E-state index contributed by atoms with van der Waals surface area (Å²) in [7, 11) is -8.23. The summed E-state index contributed by atoms with van der Waals surface area (Å²) in [4.78, 5) is 13.0. The third-order valence-corrected chi connectivity index (χ3v) is 20.9. The number of sulfonamides is 2. The number of benzene rings is 6. The maximum Gasteiger partial charge on any atom is 0.272 e. The van der Waals surface area contributed by atoms with Crippen LogP contribution >= 0.6 is 23.5 Å². The Hall–Kier alpha value is -7.43. The largest absolute Gasteiger partial charge is 0.344 e. The number of fused-ring (bicyclic) bond motifs is 3. The minimum Gasteiger partial charge on any atom is -0.344 e. The van der Waals surface area contributed by atoms with Gasteiger partial charge >= 0.3 is 0 Å². The van der Waals surface area contributed by atoms with Gasteiger partial charge < -0.3 is 5.32 Å². The van der Waals surface area contributed by atoms with Crippen molar-refractivity contribution >= 4 is 72.4 Å². The van der Waals surface area contributed by atoms with E-state index >= 15 is 0 Å². The third-order valence-electron chi connectivity index (χ3n) is 15.4. The Morgan fingerprint density at radius 3 is 1.44 bits per heavy atom. The van der Waals surface area contributed by atoms with E-state index in [1.165, 1.54) is 33.3 Å². The van der Waals surface area contributed by atoms with Crippen molar-refractivity contribution in [3.05, 3.63) is 277 Å². The molecule has 20 heteroatoms. The molecule has 0 radical (unpaired) electrons. The van der Waals surface area contributed by atoms with Crippen LogP contribution in [0.25, 0.3) is 12.2 Å². The number of hydrogen-bond acceptors (Lipinski definition) is 11. The average Bonchev–Trinajstić information content (AvgIpc) is 4.09. The van der Waals surface area contributed by atoms with E-state index in [2.05, 4.69) is 39.0 Å². The van der Waals surface area contributed by atoms with Crippen LogP contribution in [0.1, 0.15) is 128 Å². The number of carbonyl (C=O) groups excluding carboxylic acids is 1. The molecule has 6 aromatic carbocycles. The van der Waals surface area contributed by atoms with Crippen LogP contribution in [-0.2, 0) is 87.0 Å². The third kappa shape index (κ3) is 17.2. The Morgan fingerprint density at radius 1 is 0.523 bits per heavy atom. The Morgan fingerprint density at radius 2 is 0.943 bits per heavy atom. The fraction of sp³-hybridized carbons (Fsp3) is 0.265. The summed E-state index contributed by atoms with van der Waals surface area (Å²) in [5.74, 6) is 4.76. The first-order valence-corrected chi connectivity index (χ1v) is 36.3. The van der Waals surface area contributed by atoms with Gasteiger partial charge in [0.1, 0.15) is 0 Å². The lowest BCUT2D eigenvalue weighted by atomic mass is 10.1. The van der Waals surface area contributed by atoms with Crippen LogP contribution in [0.3, 0.4) is 0 Å². The zero-order valence-corrected chi connectivity index (χ0v) is 53.6. The molecule has 456 valence electrons. The molecule has 0 fully saturated rings. The molecule has 12 rings (SSSR count). The van der Waals surface area contributed by atoms with Crippen molar-refractivity contribution in [1.82, 2.24) is 44.1 Å². The highest BCUT2D eigenvalue weighted by atomic mass is 32.2. The number of thioether (sulfide) groups is 2. The van der Waals surface area contributed by atoms with E-state index in [-0.39, 0.29) is 24.0 Å². The Balaban J connectivity index is 0.000000146. The minimum atomic E-state index is -3.68. The molecule has 3 aliphatic rings. The van der Waals surface area contributed by atoms with Gasteiger partial charge in [-0.25, -0.2) is 26.3 Å². The lowest BCUT2D eigenvalue weighted by Gasteiger charge is -2.15. The number of nitrogens with zero attached hydrogens (tertiary/aromatic N) is 6. The van der Waals surface area contributed by atoms with E-state index in [0.29, 0.717) is 48.9 Å². The molecule has 3 aliphatic heterocycles. The number of nitrogens with one attached hydrogen (secondary N) is 3. The molecule has 6 heterocycles. The van der Waals surface area contributed by atoms with Crippen molar-refractivity contribution in [3.8, 4) is 0 Å². The Labute approximate surface area is 528 Å². The zero-order valence-electron chi connectivity index (χ0n) is 49.5. The van der Waals surface area contributed by atoms with Crippen molar-refractivity contribution in [2.24, 2.45) is 0 Å². The predicted molar refractivity (Wildman–Crippen MR) is 358 cm³/mol. The van der Waals surface area contributed by atoms with Gasteiger partial charge in [0.15, 0.2) is 5.69 Å². The fourth-order valence-corrected chi connectivity index (χ4v) is 16.0. The summed E-state index contributed by atoms with van der Waals surface area (Å²) >= 11 is 3.73. The van der Waals surface area contributed by atoms with Crippen LogP contribution in [0.4, 0.5) is 0 Å². The van der Waals surface area contributed by atoms with Crippen molar-refractivity contribution in [2.75, 3.05) is 17.3 Å². The van der Waals surface area contributed by atoms with E-state index in [1.54, 1.807) is 12.2 Å². The van der Waals surface area contributed by atoms with E-state index in [1.807, 2.05) is 216 Å². The standard InChI is InChI=1S/C23H25N3O3S2.C23H25N3O2S2.C22H23N3OS/c1-18(20-10-6-3-7-11-20)25-31(28,29)15-13-23-21-17-30(27)14-12-22(21)24-26(23)16-19-8-4-2-5-9-19;1-18(20-10-6-3-7-11-20)25-30(27,28)15-13-22-21-17-29-14-12-23(21)26(24-22)16-19-8-4-2-5-9-19;1-16(18-10-6-3-7-11-18)23-22(26)21-19-15-27-13-12-20(19)25(24-21)14-17-8-4-2-5-9-17/h2-11,13,15,18,25H,12,14,16-17H2,1H3;2-11,13,15,18,25H,12,14,16-17H2,1H3;2-11,16H,12-15H2,1H3,(H,23,26)/b2*15-13+;/t;18-;16-/m.11/s1. The molecule has 0 saturated carbocycles. The van der Waals surface area contributed by atoms with Gasteiger partial charge in [0.2, 0.25) is 20.0 Å². The van der Waals surface area contributed by atoms with Gasteiger partial charge in [-0.2, -0.15) is 38.8 Å². The summed E-state index contributed by atoms with van der Waals surface area (Å²) < 4.78 is 74.1. The van der Waals surface area contributed by atoms with Crippen molar-refractivity contribution < 1.29 is 25.8 Å². The number of carbonyl (C=O) groups is 1. The molecule has 0 saturated heterocycles. The maximum atomic E-state index is 13.0. The van der Waals surface area contributed by atoms with Crippen LogP contribution in [0, 0.1) is 0 Å². The molecule has 1 amide bonds. The van der Waals surface area contributed by atoms with Gasteiger partial charge in [-0.05, 0) is 90.7 Å². The van der Waals surface area contributed by atoms with Crippen LogP contribution in [0.15, 0.2) is 193 Å². The summed E-state index contributed by atoms with van der Waals surface area (Å²) in [6, 6.07) is 58.7. The number of hydrogen-bond donors (Lipinski definition) is 3. The molecule has 0 bridgehead atoms. The molecule has 9 aromatic rings. The first-order valence-electron chi connectivity index (χ1n) is 29.4. The second-order valence-electron chi connectivity index (χ2n) is 21.8. The summed E-state index contributed by atoms with van der Waals surface area (Å²) in [6.07, 6.45) is 5.76. The zero-order chi connectivity index (χ0) is 61.5. The summed E-state index contributed by atoms with van der Waals surface area (Å²) in [6.45, 7) is 7.58. The monoisotopic (exact) mass is 1270 g/mol. The van der Waals surface area contributed by atoms with E-state index in [0.717, 1.165) is 86.2 Å². The first-order chi connectivity index (χ1) is 42.6. The van der Waals surface area contributed by atoms with Crippen LogP contribution in [-0.4, -0.2) is 73.6 Å². The lowest BCUT2D eigenvalue weighted by Crippen LogP contribution is -2.28. The van der Waals surface area contributed by atoms with Crippen LogP contribution in [0.2, 0.25) is 0 Å². The van der Waals surface area contributed by atoms with Gasteiger partial charge in [0.25, 0.3) is 5.91 Å². The summed E-state index contributed by atoms with van der Waals surface area (Å²) in [5, 5.41) is 19.7. The average molecular weight is 1270 g/mol. The van der Waals surface area contributed by atoms with Crippen LogP contribution in [0.5, 0.6) is 0 Å². The topological polar surface area (TPSA) is 192 Å². The first kappa shape index (κ1) is 63.6. The molecule has 4 atom stereocenters. The van der Waals surface area contributed by atoms with E-state index in [9.17, 15) is 25.8 Å². The number of rotatable bonds is 19.